The van der Waals surface area contributed by atoms with E-state index in [1.54, 1.807) is 0 Å². The monoisotopic (exact) mass is 390 g/mol. The predicted octanol–water partition coefficient (Wildman–Crippen LogP) is 6.96. The Kier molecular flexibility index (Phi) is 6.32. The van der Waals surface area contributed by atoms with Gasteiger partial charge in [-0.2, -0.15) is 0 Å². The Labute approximate surface area is 157 Å². The van der Waals surface area contributed by atoms with E-state index in [9.17, 15) is 22.0 Å². The highest BCUT2D eigenvalue weighted by Crippen LogP contribution is 2.43. The fourth-order valence-electron chi connectivity index (χ4n) is 4.91. The van der Waals surface area contributed by atoms with Gasteiger partial charge in [-0.1, -0.05) is 39.0 Å². The molecule has 2 aliphatic rings. The van der Waals surface area contributed by atoms with Crippen LogP contribution in [0.1, 0.15) is 69.4 Å². The first kappa shape index (κ1) is 20.4. The molecular formula is C21H27F5O. The fourth-order valence-corrected chi connectivity index (χ4v) is 4.91. The molecule has 1 unspecified atom stereocenters. The van der Waals surface area contributed by atoms with Crippen molar-refractivity contribution < 1.29 is 26.7 Å². The maximum absolute atomic E-state index is 14.4. The van der Waals surface area contributed by atoms with E-state index >= 15 is 0 Å². The summed E-state index contributed by atoms with van der Waals surface area (Å²) in [5, 5.41) is 0. The van der Waals surface area contributed by atoms with E-state index in [1.807, 2.05) is 0 Å². The van der Waals surface area contributed by atoms with Crippen molar-refractivity contribution >= 4 is 0 Å². The molecule has 2 aliphatic carbocycles. The lowest BCUT2D eigenvalue weighted by atomic mass is 9.69. The first-order valence-electron chi connectivity index (χ1n) is 10.0. The molecule has 27 heavy (non-hydrogen) atoms. The van der Waals surface area contributed by atoms with Crippen LogP contribution in [0.25, 0.3) is 0 Å². The van der Waals surface area contributed by atoms with Crippen molar-refractivity contribution in [1.82, 2.24) is 0 Å². The summed E-state index contributed by atoms with van der Waals surface area (Å²) in [6.45, 7) is 2.20. The zero-order valence-electron chi connectivity index (χ0n) is 15.7. The van der Waals surface area contributed by atoms with E-state index in [-0.39, 0.29) is 5.56 Å². The standard InChI is InChI=1S/C21H27F5O/c1-2-3-4-13-5-7-14(8-6-13)15-9-10-17-16(11-15)12-18(22)20(19(17)23)27-21(24,25)26/h12-15H,2-11H2,1H3. The number of fused-ring (bicyclic) bond motifs is 1. The summed E-state index contributed by atoms with van der Waals surface area (Å²) in [6.07, 6.45) is 5.02. The Morgan fingerprint density at radius 3 is 2.37 bits per heavy atom. The van der Waals surface area contributed by atoms with Gasteiger partial charge in [0.05, 0.1) is 0 Å². The van der Waals surface area contributed by atoms with Gasteiger partial charge in [0, 0.05) is 0 Å². The zero-order valence-corrected chi connectivity index (χ0v) is 15.7. The van der Waals surface area contributed by atoms with Crippen LogP contribution in [-0.2, 0) is 12.8 Å². The number of alkyl halides is 3. The van der Waals surface area contributed by atoms with Crippen molar-refractivity contribution in [1.29, 1.82) is 0 Å². The van der Waals surface area contributed by atoms with Crippen LogP contribution in [0.5, 0.6) is 5.75 Å². The van der Waals surface area contributed by atoms with Gasteiger partial charge in [-0.3, -0.25) is 0 Å². The number of halogens is 5. The van der Waals surface area contributed by atoms with E-state index < -0.39 is 23.7 Å². The summed E-state index contributed by atoms with van der Waals surface area (Å²) in [4.78, 5) is 0. The molecule has 0 amide bonds. The Hall–Kier alpha value is -1.33. The average Bonchev–Trinajstić information content (AvgIpc) is 2.62. The van der Waals surface area contributed by atoms with Gasteiger partial charge >= 0.3 is 6.36 Å². The van der Waals surface area contributed by atoms with Crippen LogP contribution in [0.15, 0.2) is 6.07 Å². The molecule has 1 fully saturated rings. The summed E-state index contributed by atoms with van der Waals surface area (Å²) >= 11 is 0. The molecule has 152 valence electrons. The Morgan fingerprint density at radius 1 is 1.04 bits per heavy atom. The molecule has 1 atom stereocenters. The second-order valence-electron chi connectivity index (χ2n) is 8.11. The molecule has 0 N–H and O–H groups in total. The fraction of sp³-hybridized carbons (Fsp3) is 0.714. The highest BCUT2D eigenvalue weighted by atomic mass is 19.4. The SMILES string of the molecule is CCCCC1CCC(C2CCc3c(cc(F)c(OC(F)(F)F)c3F)C2)CC1. The number of ether oxygens (including phenoxy) is 1. The molecule has 1 saturated carbocycles. The highest BCUT2D eigenvalue weighted by Gasteiger charge is 2.37. The van der Waals surface area contributed by atoms with Crippen LogP contribution in [0, 0.1) is 29.4 Å². The number of rotatable bonds is 5. The normalized spacial score (nSPS) is 25.9. The van der Waals surface area contributed by atoms with Crippen molar-refractivity contribution in [2.45, 2.75) is 77.5 Å². The Balaban J connectivity index is 1.67. The highest BCUT2D eigenvalue weighted by molar-refractivity contribution is 5.41. The van der Waals surface area contributed by atoms with Crippen molar-refractivity contribution in [2.75, 3.05) is 0 Å². The lowest BCUT2D eigenvalue weighted by Crippen LogP contribution is -2.28. The molecule has 3 rings (SSSR count). The number of benzene rings is 1. The average molecular weight is 390 g/mol. The molecule has 0 radical (unpaired) electrons. The van der Waals surface area contributed by atoms with E-state index in [4.69, 9.17) is 0 Å². The first-order chi connectivity index (χ1) is 12.8. The molecule has 0 saturated heterocycles. The number of hydrogen-bond acceptors (Lipinski definition) is 1. The number of hydrogen-bond donors (Lipinski definition) is 0. The van der Waals surface area contributed by atoms with Gasteiger partial charge < -0.3 is 4.74 Å². The molecule has 1 nitrogen and oxygen atoms in total. The minimum atomic E-state index is -5.11. The maximum atomic E-state index is 14.4. The molecule has 1 aromatic carbocycles. The first-order valence-corrected chi connectivity index (χ1v) is 10.0. The van der Waals surface area contributed by atoms with Crippen molar-refractivity contribution in [3.05, 3.63) is 28.8 Å². The summed E-state index contributed by atoms with van der Waals surface area (Å²) in [7, 11) is 0. The molecule has 0 heterocycles. The predicted molar refractivity (Wildman–Crippen MR) is 93.5 cm³/mol. The van der Waals surface area contributed by atoms with Gasteiger partial charge in [-0.15, -0.1) is 13.2 Å². The molecule has 6 heteroatoms. The van der Waals surface area contributed by atoms with Crippen molar-refractivity contribution in [2.24, 2.45) is 17.8 Å². The summed E-state index contributed by atoms with van der Waals surface area (Å²) in [5.74, 6) is -2.08. The molecule has 0 aliphatic heterocycles. The molecule has 0 spiro atoms. The largest absolute Gasteiger partial charge is 0.573 e. The Morgan fingerprint density at radius 2 is 1.74 bits per heavy atom. The van der Waals surface area contributed by atoms with Gasteiger partial charge in [-0.25, -0.2) is 8.78 Å². The van der Waals surface area contributed by atoms with E-state index in [1.165, 1.54) is 32.1 Å². The van der Waals surface area contributed by atoms with Crippen LogP contribution >= 0.6 is 0 Å². The zero-order chi connectivity index (χ0) is 19.6. The lowest BCUT2D eigenvalue weighted by molar-refractivity contribution is -0.276. The van der Waals surface area contributed by atoms with Gasteiger partial charge in [0.2, 0.25) is 5.75 Å². The summed E-state index contributed by atoms with van der Waals surface area (Å²) in [5.41, 5.74) is 0.687. The number of unbranched alkanes of at least 4 members (excludes halogenated alkanes) is 1. The quantitative estimate of drug-likeness (QED) is 0.494. The van der Waals surface area contributed by atoms with Gasteiger partial charge in [0.25, 0.3) is 0 Å². The van der Waals surface area contributed by atoms with Crippen molar-refractivity contribution in [3.8, 4) is 5.75 Å². The third-order valence-corrected chi connectivity index (χ3v) is 6.36. The topological polar surface area (TPSA) is 9.23 Å². The minimum Gasteiger partial charge on any atom is -0.399 e. The second-order valence-corrected chi connectivity index (χ2v) is 8.11. The van der Waals surface area contributed by atoms with Crippen LogP contribution < -0.4 is 4.74 Å². The van der Waals surface area contributed by atoms with Gasteiger partial charge in [0.1, 0.15) is 0 Å². The van der Waals surface area contributed by atoms with Crippen LogP contribution in [0.4, 0.5) is 22.0 Å². The lowest BCUT2D eigenvalue weighted by Gasteiger charge is -2.36. The maximum Gasteiger partial charge on any atom is 0.573 e. The third kappa shape index (κ3) is 4.94. The molecular weight excluding hydrogens is 363 g/mol. The van der Waals surface area contributed by atoms with Crippen molar-refractivity contribution in [3.63, 3.8) is 0 Å². The second kappa shape index (κ2) is 8.36. The van der Waals surface area contributed by atoms with E-state index in [0.717, 1.165) is 31.2 Å². The van der Waals surface area contributed by atoms with Gasteiger partial charge in [0.15, 0.2) is 11.6 Å². The third-order valence-electron chi connectivity index (χ3n) is 6.36. The molecule has 0 bridgehead atoms. The smallest absolute Gasteiger partial charge is 0.399 e. The Bertz CT molecular complexity index is 647. The minimum absolute atomic E-state index is 0.184. The van der Waals surface area contributed by atoms with E-state index in [0.29, 0.717) is 30.2 Å². The molecule has 0 aromatic heterocycles. The van der Waals surface area contributed by atoms with Crippen LogP contribution in [0.2, 0.25) is 0 Å². The van der Waals surface area contributed by atoms with Gasteiger partial charge in [-0.05, 0) is 67.1 Å². The van der Waals surface area contributed by atoms with Crippen LogP contribution in [-0.4, -0.2) is 6.36 Å². The van der Waals surface area contributed by atoms with E-state index in [2.05, 4.69) is 11.7 Å². The van der Waals surface area contributed by atoms with Crippen LogP contribution in [0.3, 0.4) is 0 Å². The summed E-state index contributed by atoms with van der Waals surface area (Å²) < 4.78 is 69.2. The summed E-state index contributed by atoms with van der Waals surface area (Å²) in [6, 6.07) is 1.04. The molecule has 1 aromatic rings.